The largest absolute Gasteiger partial charge is 0.393 e. The van der Waals surface area contributed by atoms with E-state index in [0.29, 0.717) is 21.7 Å². The second-order valence-corrected chi connectivity index (χ2v) is 4.75. The smallest absolute Gasteiger partial charge is 0.0769 e. The number of thiocarbonyl (C=S) groups is 1. The summed E-state index contributed by atoms with van der Waals surface area (Å²) in [6.07, 6.45) is 0. The highest BCUT2D eigenvalue weighted by Gasteiger charge is 2.65. The summed E-state index contributed by atoms with van der Waals surface area (Å²) in [5, 5.41) is 0. The SMILES string of the molecule is CC1(C)C(C(N)=S)C1(C)C. The summed E-state index contributed by atoms with van der Waals surface area (Å²) in [6, 6.07) is 0. The van der Waals surface area contributed by atoms with E-state index in [1.54, 1.807) is 0 Å². The molecule has 1 aliphatic carbocycles. The molecule has 1 fully saturated rings. The summed E-state index contributed by atoms with van der Waals surface area (Å²) >= 11 is 4.96. The van der Waals surface area contributed by atoms with Gasteiger partial charge in [-0.25, -0.2) is 0 Å². The van der Waals surface area contributed by atoms with Crippen LogP contribution in [0, 0.1) is 16.7 Å². The maximum absolute atomic E-state index is 5.58. The molecule has 0 aromatic rings. The molecular weight excluding hydrogens is 142 g/mol. The second-order valence-electron chi connectivity index (χ2n) is 4.28. The van der Waals surface area contributed by atoms with E-state index in [1.807, 2.05) is 0 Å². The van der Waals surface area contributed by atoms with Crippen LogP contribution in [0.15, 0.2) is 0 Å². The highest BCUT2D eigenvalue weighted by atomic mass is 32.1. The average Bonchev–Trinajstić information content (AvgIpc) is 1.97. The zero-order valence-corrected chi connectivity index (χ0v) is 7.88. The molecule has 1 aliphatic rings. The Morgan fingerprint density at radius 2 is 1.50 bits per heavy atom. The van der Waals surface area contributed by atoms with Crippen LogP contribution in [0.2, 0.25) is 0 Å². The second kappa shape index (κ2) is 1.73. The maximum atomic E-state index is 5.58. The third-order valence-corrected chi connectivity index (χ3v) is 3.54. The fourth-order valence-electron chi connectivity index (χ4n) is 1.91. The van der Waals surface area contributed by atoms with Crippen LogP contribution < -0.4 is 5.73 Å². The van der Waals surface area contributed by atoms with Crippen LogP contribution in [0.1, 0.15) is 27.7 Å². The van der Waals surface area contributed by atoms with Crippen molar-refractivity contribution in [2.45, 2.75) is 27.7 Å². The van der Waals surface area contributed by atoms with Crippen molar-refractivity contribution in [3.63, 3.8) is 0 Å². The summed E-state index contributed by atoms with van der Waals surface area (Å²) in [5.41, 5.74) is 6.22. The summed E-state index contributed by atoms with van der Waals surface area (Å²) < 4.78 is 0. The summed E-state index contributed by atoms with van der Waals surface area (Å²) in [6.45, 7) is 8.88. The van der Waals surface area contributed by atoms with Gasteiger partial charge in [-0.3, -0.25) is 0 Å². The third kappa shape index (κ3) is 0.715. The summed E-state index contributed by atoms with van der Waals surface area (Å²) in [7, 11) is 0. The Balaban J connectivity index is 2.81. The Bertz CT molecular complexity index is 168. The summed E-state index contributed by atoms with van der Waals surface area (Å²) in [5.74, 6) is 0.440. The molecule has 1 nitrogen and oxygen atoms in total. The number of rotatable bonds is 1. The first-order chi connectivity index (χ1) is 4.32. The Hall–Kier alpha value is -0.110. The lowest BCUT2D eigenvalue weighted by molar-refractivity contribution is 0.457. The zero-order chi connectivity index (χ0) is 8.15. The minimum absolute atomic E-state index is 0.318. The topological polar surface area (TPSA) is 26.0 Å². The van der Waals surface area contributed by atoms with Crippen molar-refractivity contribution in [3.05, 3.63) is 0 Å². The van der Waals surface area contributed by atoms with Crippen molar-refractivity contribution in [1.82, 2.24) is 0 Å². The fraction of sp³-hybridized carbons (Fsp3) is 0.875. The predicted octanol–water partition coefficient (Wildman–Crippen LogP) is 1.95. The minimum atomic E-state index is 0.318. The molecule has 2 heteroatoms. The van der Waals surface area contributed by atoms with Crippen LogP contribution in [0.5, 0.6) is 0 Å². The van der Waals surface area contributed by atoms with E-state index in [-0.39, 0.29) is 0 Å². The van der Waals surface area contributed by atoms with Gasteiger partial charge < -0.3 is 5.73 Å². The van der Waals surface area contributed by atoms with Gasteiger partial charge in [-0.1, -0.05) is 39.9 Å². The van der Waals surface area contributed by atoms with Gasteiger partial charge in [-0.2, -0.15) is 0 Å². The van der Waals surface area contributed by atoms with Crippen LogP contribution >= 0.6 is 12.2 Å². The maximum Gasteiger partial charge on any atom is 0.0769 e. The van der Waals surface area contributed by atoms with Crippen molar-refractivity contribution >= 4 is 17.2 Å². The Labute approximate surface area is 68.0 Å². The van der Waals surface area contributed by atoms with Gasteiger partial charge in [0.15, 0.2) is 0 Å². The van der Waals surface area contributed by atoms with Crippen molar-refractivity contribution in [3.8, 4) is 0 Å². The fourth-order valence-corrected chi connectivity index (χ4v) is 2.50. The van der Waals surface area contributed by atoms with Gasteiger partial charge >= 0.3 is 0 Å². The molecule has 0 saturated heterocycles. The van der Waals surface area contributed by atoms with Crippen molar-refractivity contribution in [2.75, 3.05) is 0 Å². The van der Waals surface area contributed by atoms with Gasteiger partial charge in [-0.15, -0.1) is 0 Å². The lowest BCUT2D eigenvalue weighted by atomic mass is 10.0. The molecule has 0 aliphatic heterocycles. The minimum Gasteiger partial charge on any atom is -0.393 e. The van der Waals surface area contributed by atoms with Gasteiger partial charge in [0.2, 0.25) is 0 Å². The van der Waals surface area contributed by atoms with Crippen molar-refractivity contribution in [2.24, 2.45) is 22.5 Å². The lowest BCUT2D eigenvalue weighted by Gasteiger charge is -2.03. The van der Waals surface area contributed by atoms with E-state index < -0.39 is 0 Å². The number of hydrogen-bond donors (Lipinski definition) is 1. The predicted molar refractivity (Wildman–Crippen MR) is 47.8 cm³/mol. The monoisotopic (exact) mass is 157 g/mol. The molecule has 2 N–H and O–H groups in total. The van der Waals surface area contributed by atoms with Gasteiger partial charge in [-0.05, 0) is 10.8 Å². The van der Waals surface area contributed by atoms with E-state index >= 15 is 0 Å². The van der Waals surface area contributed by atoms with Crippen LogP contribution in [-0.2, 0) is 0 Å². The van der Waals surface area contributed by atoms with Crippen LogP contribution in [0.25, 0.3) is 0 Å². The first kappa shape index (κ1) is 7.99. The van der Waals surface area contributed by atoms with E-state index in [2.05, 4.69) is 27.7 Å². The first-order valence-corrected chi connectivity index (χ1v) is 4.02. The van der Waals surface area contributed by atoms with Crippen LogP contribution in [-0.4, -0.2) is 4.99 Å². The molecule has 1 saturated carbocycles. The Morgan fingerprint density at radius 1 is 1.20 bits per heavy atom. The molecule has 0 spiro atoms. The molecular formula is C8H15NS. The molecule has 10 heavy (non-hydrogen) atoms. The summed E-state index contributed by atoms with van der Waals surface area (Å²) in [4.78, 5) is 0.676. The zero-order valence-electron chi connectivity index (χ0n) is 7.06. The van der Waals surface area contributed by atoms with E-state index in [0.717, 1.165) is 0 Å². The molecule has 0 amide bonds. The third-order valence-electron chi connectivity index (χ3n) is 3.31. The molecule has 0 aromatic carbocycles. The van der Waals surface area contributed by atoms with Gasteiger partial charge in [0, 0.05) is 5.92 Å². The standard InChI is InChI=1S/C8H15NS/c1-7(2)5(6(9)10)8(7,3)4/h5H,1-4H3,(H2,9,10). The molecule has 58 valence electrons. The van der Waals surface area contributed by atoms with Crippen LogP contribution in [0.4, 0.5) is 0 Å². The molecule has 0 atom stereocenters. The first-order valence-electron chi connectivity index (χ1n) is 3.61. The van der Waals surface area contributed by atoms with Gasteiger partial charge in [0.1, 0.15) is 0 Å². The van der Waals surface area contributed by atoms with Gasteiger partial charge in [0.05, 0.1) is 4.99 Å². The Kier molecular flexibility index (Phi) is 1.38. The van der Waals surface area contributed by atoms with E-state index in [4.69, 9.17) is 18.0 Å². The normalized spacial score (nSPS) is 28.0. The van der Waals surface area contributed by atoms with Gasteiger partial charge in [0.25, 0.3) is 0 Å². The van der Waals surface area contributed by atoms with Crippen molar-refractivity contribution in [1.29, 1.82) is 0 Å². The average molecular weight is 157 g/mol. The molecule has 0 bridgehead atoms. The molecule has 1 rings (SSSR count). The van der Waals surface area contributed by atoms with E-state index in [1.165, 1.54) is 0 Å². The molecule has 0 aromatic heterocycles. The lowest BCUT2D eigenvalue weighted by Crippen LogP contribution is -2.14. The Morgan fingerprint density at radius 3 is 1.50 bits per heavy atom. The highest BCUT2D eigenvalue weighted by molar-refractivity contribution is 7.80. The number of hydrogen-bond acceptors (Lipinski definition) is 1. The van der Waals surface area contributed by atoms with Crippen molar-refractivity contribution < 1.29 is 0 Å². The molecule has 0 unspecified atom stereocenters. The molecule has 0 heterocycles. The van der Waals surface area contributed by atoms with Crippen LogP contribution in [0.3, 0.4) is 0 Å². The highest BCUT2D eigenvalue weighted by Crippen LogP contribution is 2.68. The van der Waals surface area contributed by atoms with E-state index in [9.17, 15) is 0 Å². The number of nitrogens with two attached hydrogens (primary N) is 1. The molecule has 0 radical (unpaired) electrons. The quantitative estimate of drug-likeness (QED) is 0.589.